The molecule has 0 N–H and O–H groups in total. The van der Waals surface area contributed by atoms with E-state index in [1.165, 1.54) is 19.4 Å². The number of ether oxygens (including phenoxy) is 3. The predicted octanol–water partition coefficient (Wildman–Crippen LogP) is 3.82. The first kappa shape index (κ1) is 25.1. The van der Waals surface area contributed by atoms with Crippen LogP contribution in [0.2, 0.25) is 0 Å². The molecular formula is C27H38O7. The van der Waals surface area contributed by atoms with Gasteiger partial charge in [0.25, 0.3) is 0 Å². The highest BCUT2D eigenvalue weighted by Gasteiger charge is 2.64. The molecule has 0 heterocycles. The van der Waals surface area contributed by atoms with Gasteiger partial charge in [-0.3, -0.25) is 14.4 Å². The van der Waals surface area contributed by atoms with Gasteiger partial charge in [-0.15, -0.1) is 0 Å². The molecule has 0 spiro atoms. The molecule has 34 heavy (non-hydrogen) atoms. The van der Waals surface area contributed by atoms with Crippen LogP contribution in [0.15, 0.2) is 11.6 Å². The van der Waals surface area contributed by atoms with E-state index < -0.39 is 11.5 Å². The standard InChI is InChI=1S/C27H38O7/c1-16(29)22-7-8-23-21-6-5-19-13-20(33-17(2)30)9-10-26(19,4)24(21)14-25(34-18(3)31)27(22,23)15-32-12-11-28/h8,11,19-22,24-25H,5-7,9-10,12-15H2,1-4H3/t19-,20-,21-,22+,24-,25-,26-,27+/m0/s1. The summed E-state index contributed by atoms with van der Waals surface area (Å²) < 4.78 is 17.4. The number of ketones is 1. The van der Waals surface area contributed by atoms with Crippen molar-refractivity contribution in [2.45, 2.75) is 84.8 Å². The molecule has 8 atom stereocenters. The van der Waals surface area contributed by atoms with Crippen molar-refractivity contribution in [2.75, 3.05) is 13.2 Å². The van der Waals surface area contributed by atoms with Gasteiger partial charge in [0.2, 0.25) is 0 Å². The fourth-order valence-corrected chi connectivity index (χ4v) is 8.13. The minimum Gasteiger partial charge on any atom is -0.463 e. The van der Waals surface area contributed by atoms with Crippen molar-refractivity contribution in [2.24, 2.45) is 34.5 Å². The minimum atomic E-state index is -0.709. The zero-order valence-electron chi connectivity index (χ0n) is 20.8. The maximum atomic E-state index is 12.8. The van der Waals surface area contributed by atoms with Gasteiger partial charge in [-0.1, -0.05) is 18.6 Å². The summed E-state index contributed by atoms with van der Waals surface area (Å²) in [5.74, 6) is 0.217. The zero-order chi connectivity index (χ0) is 24.7. The Balaban J connectivity index is 1.69. The Morgan fingerprint density at radius 2 is 1.79 bits per heavy atom. The maximum Gasteiger partial charge on any atom is 0.302 e. The Labute approximate surface area is 202 Å². The SMILES string of the molecule is CC(=O)O[C@H]1CC[C@@]2(C)[C@@H](CC[C@H]3C4=CC[C@H](C(C)=O)[C@@]4(COCC=O)[C@@H](OC(C)=O)C[C@@H]32)C1. The molecule has 0 aliphatic heterocycles. The van der Waals surface area contributed by atoms with Crippen LogP contribution < -0.4 is 0 Å². The highest BCUT2D eigenvalue weighted by Crippen LogP contribution is 2.66. The van der Waals surface area contributed by atoms with Gasteiger partial charge in [0.1, 0.15) is 30.9 Å². The fourth-order valence-electron chi connectivity index (χ4n) is 8.13. The average Bonchev–Trinajstić information content (AvgIpc) is 3.15. The quantitative estimate of drug-likeness (QED) is 0.239. The molecule has 4 aliphatic carbocycles. The summed E-state index contributed by atoms with van der Waals surface area (Å²) >= 11 is 0. The second-order valence-electron chi connectivity index (χ2n) is 11.1. The van der Waals surface area contributed by atoms with Crippen LogP contribution in [-0.4, -0.2) is 49.4 Å². The molecule has 0 radical (unpaired) electrons. The lowest BCUT2D eigenvalue weighted by Gasteiger charge is -2.61. The number of hydrogen-bond donors (Lipinski definition) is 0. The van der Waals surface area contributed by atoms with Crippen LogP contribution in [0.4, 0.5) is 0 Å². The van der Waals surface area contributed by atoms with Gasteiger partial charge >= 0.3 is 11.9 Å². The topological polar surface area (TPSA) is 96.0 Å². The van der Waals surface area contributed by atoms with E-state index in [0.29, 0.717) is 30.6 Å². The molecule has 4 rings (SSSR count). The number of aldehydes is 1. The van der Waals surface area contributed by atoms with Crippen molar-refractivity contribution in [3.8, 4) is 0 Å². The summed E-state index contributed by atoms with van der Waals surface area (Å²) in [6.45, 7) is 7.02. The van der Waals surface area contributed by atoms with Crippen LogP contribution in [0, 0.1) is 34.5 Å². The van der Waals surface area contributed by atoms with Crippen LogP contribution in [-0.2, 0) is 33.4 Å². The molecule has 0 saturated heterocycles. The number of hydrogen-bond acceptors (Lipinski definition) is 7. The molecule has 3 saturated carbocycles. The van der Waals surface area contributed by atoms with Crippen molar-refractivity contribution in [3.63, 3.8) is 0 Å². The number of allylic oxidation sites excluding steroid dienone is 1. The molecule has 0 aromatic rings. The van der Waals surface area contributed by atoms with Gasteiger partial charge in [-0.2, -0.15) is 0 Å². The lowest BCUT2D eigenvalue weighted by atomic mass is 9.45. The first-order valence-corrected chi connectivity index (χ1v) is 12.7. The Bertz CT molecular complexity index is 878. The molecule has 0 bridgehead atoms. The van der Waals surface area contributed by atoms with E-state index in [0.717, 1.165) is 38.4 Å². The number of fused-ring (bicyclic) bond motifs is 5. The van der Waals surface area contributed by atoms with Gasteiger partial charge in [0.05, 0.1) is 12.0 Å². The van der Waals surface area contributed by atoms with Gasteiger partial charge in [-0.25, -0.2) is 0 Å². The molecule has 0 unspecified atom stereocenters. The van der Waals surface area contributed by atoms with Crippen molar-refractivity contribution < 1.29 is 33.4 Å². The molecule has 188 valence electrons. The zero-order valence-corrected chi connectivity index (χ0v) is 20.8. The number of carbonyl (C=O) groups excluding carboxylic acids is 4. The maximum absolute atomic E-state index is 12.8. The molecule has 4 aliphatic rings. The second-order valence-corrected chi connectivity index (χ2v) is 11.1. The first-order chi connectivity index (χ1) is 16.1. The van der Waals surface area contributed by atoms with E-state index in [1.54, 1.807) is 6.92 Å². The van der Waals surface area contributed by atoms with Crippen LogP contribution in [0.25, 0.3) is 0 Å². The van der Waals surface area contributed by atoms with Crippen LogP contribution >= 0.6 is 0 Å². The lowest BCUT2D eigenvalue weighted by molar-refractivity contribution is -0.180. The van der Waals surface area contributed by atoms with Crippen molar-refractivity contribution >= 4 is 24.0 Å². The third-order valence-electron chi connectivity index (χ3n) is 9.48. The van der Waals surface area contributed by atoms with E-state index in [2.05, 4.69) is 13.0 Å². The number of esters is 2. The fraction of sp³-hybridized carbons (Fsp3) is 0.778. The Morgan fingerprint density at radius 3 is 2.44 bits per heavy atom. The minimum absolute atomic E-state index is 0.0244. The number of Topliss-reactive ketones (excluding diaryl/α,β-unsaturated/α-hetero) is 1. The van der Waals surface area contributed by atoms with E-state index in [1.807, 2.05) is 0 Å². The van der Waals surface area contributed by atoms with E-state index in [-0.39, 0.29) is 48.4 Å². The van der Waals surface area contributed by atoms with Crippen molar-refractivity contribution in [1.82, 2.24) is 0 Å². The number of rotatable bonds is 7. The smallest absolute Gasteiger partial charge is 0.302 e. The van der Waals surface area contributed by atoms with Gasteiger partial charge in [0, 0.05) is 19.8 Å². The van der Waals surface area contributed by atoms with Crippen LogP contribution in [0.1, 0.15) is 72.6 Å². The molecule has 7 nitrogen and oxygen atoms in total. The summed E-state index contributed by atoms with van der Waals surface area (Å²) in [4.78, 5) is 47.6. The third-order valence-corrected chi connectivity index (χ3v) is 9.48. The molecule has 7 heteroatoms. The van der Waals surface area contributed by atoms with Gasteiger partial charge in [-0.05, 0) is 75.0 Å². The monoisotopic (exact) mass is 474 g/mol. The van der Waals surface area contributed by atoms with Gasteiger partial charge < -0.3 is 19.0 Å². The summed E-state index contributed by atoms with van der Waals surface area (Å²) in [5, 5.41) is 0. The molecule has 0 aromatic carbocycles. The molecule has 0 aromatic heterocycles. The van der Waals surface area contributed by atoms with Crippen LogP contribution in [0.5, 0.6) is 0 Å². The van der Waals surface area contributed by atoms with Gasteiger partial charge in [0.15, 0.2) is 0 Å². The highest BCUT2D eigenvalue weighted by atomic mass is 16.5. The first-order valence-electron chi connectivity index (χ1n) is 12.7. The van der Waals surface area contributed by atoms with E-state index in [9.17, 15) is 19.2 Å². The lowest BCUT2D eigenvalue weighted by Crippen LogP contribution is -2.60. The van der Waals surface area contributed by atoms with Crippen LogP contribution in [0.3, 0.4) is 0 Å². The highest BCUT2D eigenvalue weighted by molar-refractivity contribution is 5.81. The summed E-state index contributed by atoms with van der Waals surface area (Å²) in [6.07, 6.45) is 8.45. The average molecular weight is 475 g/mol. The Morgan fingerprint density at radius 1 is 1.06 bits per heavy atom. The largest absolute Gasteiger partial charge is 0.463 e. The number of carbonyl (C=O) groups is 4. The second kappa shape index (κ2) is 9.56. The molecular weight excluding hydrogens is 436 g/mol. The van der Waals surface area contributed by atoms with E-state index >= 15 is 0 Å². The van der Waals surface area contributed by atoms with Crippen molar-refractivity contribution in [1.29, 1.82) is 0 Å². The molecule has 3 fully saturated rings. The van der Waals surface area contributed by atoms with E-state index in [4.69, 9.17) is 14.2 Å². The van der Waals surface area contributed by atoms with Crippen molar-refractivity contribution in [3.05, 3.63) is 11.6 Å². The Hall–Kier alpha value is -2.02. The summed E-state index contributed by atoms with van der Waals surface area (Å²) in [6, 6.07) is 0. The summed E-state index contributed by atoms with van der Waals surface area (Å²) in [5.41, 5.74) is 0.533. The third kappa shape index (κ3) is 4.14. The normalized spacial score (nSPS) is 40.8. The molecule has 0 amide bonds. The predicted molar refractivity (Wildman–Crippen MR) is 124 cm³/mol. The summed E-state index contributed by atoms with van der Waals surface area (Å²) in [7, 11) is 0. The Kier molecular flexibility index (Phi) is 7.05.